The van der Waals surface area contributed by atoms with Crippen molar-refractivity contribution in [2.45, 2.75) is 26.2 Å². The molecular formula is C12H15NO3S. The van der Waals surface area contributed by atoms with Crippen LogP contribution in [0.25, 0.3) is 11.0 Å². The molecule has 1 atom stereocenters. The van der Waals surface area contributed by atoms with Crippen LogP contribution in [0.5, 0.6) is 0 Å². The van der Waals surface area contributed by atoms with E-state index in [1.165, 1.54) is 0 Å². The molecule has 2 N–H and O–H groups in total. The van der Waals surface area contributed by atoms with Crippen LogP contribution in [0.3, 0.4) is 0 Å². The van der Waals surface area contributed by atoms with Crippen LogP contribution in [0, 0.1) is 0 Å². The minimum absolute atomic E-state index is 0.612. The van der Waals surface area contributed by atoms with Crippen molar-refractivity contribution in [3.05, 3.63) is 30.0 Å². The van der Waals surface area contributed by atoms with Crippen LogP contribution in [0.15, 0.2) is 28.7 Å². The average Bonchev–Trinajstić information content (AvgIpc) is 2.67. The molecular weight excluding hydrogens is 238 g/mol. The maximum atomic E-state index is 10.6. The van der Waals surface area contributed by atoms with Gasteiger partial charge in [0, 0.05) is 17.5 Å². The molecule has 2 aromatic rings. The third-order valence-electron chi connectivity index (χ3n) is 2.55. The van der Waals surface area contributed by atoms with Crippen molar-refractivity contribution in [2.24, 2.45) is 0 Å². The minimum Gasteiger partial charge on any atom is -0.461 e. The fraction of sp³-hybridized carbons (Fsp3) is 0.333. The van der Waals surface area contributed by atoms with Gasteiger partial charge in [-0.1, -0.05) is 13.3 Å². The second kappa shape index (κ2) is 5.33. The molecule has 1 unspecified atom stereocenters. The topological polar surface area (TPSA) is 62.5 Å². The number of nitrogens with one attached hydrogen (secondary N) is 1. The molecule has 0 saturated heterocycles. The van der Waals surface area contributed by atoms with E-state index in [4.69, 9.17) is 8.97 Å². The first kappa shape index (κ1) is 12.1. The fourth-order valence-electron chi connectivity index (χ4n) is 1.74. The zero-order chi connectivity index (χ0) is 12.3. The van der Waals surface area contributed by atoms with Crippen LogP contribution >= 0.6 is 0 Å². The Kier molecular flexibility index (Phi) is 3.81. The van der Waals surface area contributed by atoms with E-state index in [-0.39, 0.29) is 0 Å². The number of furan rings is 1. The van der Waals surface area contributed by atoms with Crippen LogP contribution in [0.1, 0.15) is 25.5 Å². The third kappa shape index (κ3) is 3.08. The van der Waals surface area contributed by atoms with Crippen molar-refractivity contribution >= 4 is 27.9 Å². The summed E-state index contributed by atoms with van der Waals surface area (Å²) in [6.07, 6.45) is 3.17. The Morgan fingerprint density at radius 2 is 2.24 bits per heavy atom. The van der Waals surface area contributed by atoms with Gasteiger partial charge in [-0.15, -0.1) is 0 Å². The number of fused-ring (bicyclic) bond motifs is 1. The molecule has 0 aliphatic carbocycles. The lowest BCUT2D eigenvalue weighted by Gasteiger charge is -1.99. The van der Waals surface area contributed by atoms with E-state index >= 15 is 0 Å². The Hall–Kier alpha value is -1.33. The molecule has 0 aliphatic heterocycles. The van der Waals surface area contributed by atoms with Crippen LogP contribution in [-0.4, -0.2) is 8.76 Å². The van der Waals surface area contributed by atoms with Gasteiger partial charge in [-0.3, -0.25) is 9.27 Å². The lowest BCUT2D eigenvalue weighted by molar-refractivity contribution is 0.536. The van der Waals surface area contributed by atoms with E-state index in [0.717, 1.165) is 36.0 Å². The first-order valence-electron chi connectivity index (χ1n) is 5.59. The van der Waals surface area contributed by atoms with Crippen molar-refractivity contribution < 1.29 is 13.2 Å². The molecule has 5 heteroatoms. The number of aryl methyl sites for hydroxylation is 1. The lowest BCUT2D eigenvalue weighted by atomic mass is 10.2. The molecule has 2 rings (SSSR count). The summed E-state index contributed by atoms with van der Waals surface area (Å²) in [6, 6.07) is 7.32. The average molecular weight is 253 g/mol. The van der Waals surface area contributed by atoms with Gasteiger partial charge in [0.05, 0.1) is 0 Å². The normalized spacial score (nSPS) is 12.8. The third-order valence-corrected chi connectivity index (χ3v) is 2.96. The molecule has 4 nitrogen and oxygen atoms in total. The number of benzene rings is 1. The summed E-state index contributed by atoms with van der Waals surface area (Å²) in [5.41, 5.74) is 1.42. The van der Waals surface area contributed by atoms with Crippen molar-refractivity contribution in [1.29, 1.82) is 0 Å². The molecule has 0 saturated carbocycles. The molecule has 0 fully saturated rings. The van der Waals surface area contributed by atoms with E-state index in [0.29, 0.717) is 5.69 Å². The smallest absolute Gasteiger partial charge is 0.259 e. The Morgan fingerprint density at radius 1 is 1.41 bits per heavy atom. The summed E-state index contributed by atoms with van der Waals surface area (Å²) in [6.45, 7) is 2.14. The monoisotopic (exact) mass is 253 g/mol. The summed E-state index contributed by atoms with van der Waals surface area (Å²) in [4.78, 5) is 0. The van der Waals surface area contributed by atoms with Gasteiger partial charge < -0.3 is 4.42 Å². The predicted molar refractivity (Wildman–Crippen MR) is 69.2 cm³/mol. The van der Waals surface area contributed by atoms with E-state index in [2.05, 4.69) is 11.6 Å². The van der Waals surface area contributed by atoms with E-state index in [1.54, 1.807) is 12.1 Å². The van der Waals surface area contributed by atoms with Crippen LogP contribution < -0.4 is 4.72 Å². The summed E-state index contributed by atoms with van der Waals surface area (Å²) >= 11 is -2.04. The van der Waals surface area contributed by atoms with Gasteiger partial charge in [0.15, 0.2) is 0 Å². The Balaban J connectivity index is 2.24. The molecule has 0 bridgehead atoms. The summed E-state index contributed by atoms with van der Waals surface area (Å²) < 4.78 is 27.5. The largest absolute Gasteiger partial charge is 0.461 e. The quantitative estimate of drug-likeness (QED) is 0.803. The second-order valence-electron chi connectivity index (χ2n) is 3.92. The molecule has 1 aromatic carbocycles. The molecule has 92 valence electrons. The Bertz CT molecular complexity index is 536. The highest BCUT2D eigenvalue weighted by atomic mass is 32.2. The van der Waals surface area contributed by atoms with Gasteiger partial charge in [0.25, 0.3) is 11.3 Å². The number of hydrogen-bond acceptors (Lipinski definition) is 2. The molecule has 0 radical (unpaired) electrons. The number of hydrogen-bond donors (Lipinski definition) is 2. The first-order chi connectivity index (χ1) is 8.19. The van der Waals surface area contributed by atoms with Crippen LogP contribution in [-0.2, 0) is 17.7 Å². The number of unbranched alkanes of at least 4 members (excludes halogenated alkanes) is 1. The number of anilines is 1. The molecule has 1 aromatic heterocycles. The number of rotatable bonds is 5. The van der Waals surface area contributed by atoms with Crippen LogP contribution in [0.2, 0.25) is 0 Å². The van der Waals surface area contributed by atoms with E-state index < -0.39 is 11.3 Å². The highest BCUT2D eigenvalue weighted by Crippen LogP contribution is 2.24. The van der Waals surface area contributed by atoms with E-state index in [9.17, 15) is 4.21 Å². The summed E-state index contributed by atoms with van der Waals surface area (Å²) in [7, 11) is 0. The SMILES string of the molecule is CCCCc1cc2cc(NS(=O)O)ccc2o1. The lowest BCUT2D eigenvalue weighted by Crippen LogP contribution is -2.00. The predicted octanol–water partition coefficient (Wildman–Crippen LogP) is 3.32. The maximum absolute atomic E-state index is 10.6. The molecule has 17 heavy (non-hydrogen) atoms. The van der Waals surface area contributed by atoms with Crippen molar-refractivity contribution in [1.82, 2.24) is 0 Å². The zero-order valence-corrected chi connectivity index (χ0v) is 10.4. The van der Waals surface area contributed by atoms with Crippen molar-refractivity contribution in [3.63, 3.8) is 0 Å². The summed E-state index contributed by atoms with van der Waals surface area (Å²) in [5, 5.41) is 0.951. The fourth-order valence-corrected chi connectivity index (χ4v) is 2.07. The van der Waals surface area contributed by atoms with Crippen molar-refractivity contribution in [3.8, 4) is 0 Å². The zero-order valence-electron chi connectivity index (χ0n) is 9.60. The summed E-state index contributed by atoms with van der Waals surface area (Å²) in [5.74, 6) is 0.962. The first-order valence-corrected chi connectivity index (χ1v) is 6.69. The molecule has 0 amide bonds. The van der Waals surface area contributed by atoms with Gasteiger partial charge in [0.2, 0.25) is 0 Å². The van der Waals surface area contributed by atoms with Crippen LogP contribution in [0.4, 0.5) is 5.69 Å². The van der Waals surface area contributed by atoms with Gasteiger partial charge >= 0.3 is 0 Å². The van der Waals surface area contributed by atoms with Gasteiger partial charge in [-0.25, -0.2) is 4.21 Å². The molecule has 0 aliphatic rings. The Labute approximate surface area is 102 Å². The highest BCUT2D eigenvalue weighted by molar-refractivity contribution is 7.80. The standard InChI is InChI=1S/C12H15NO3S/c1-2-3-4-11-8-9-7-10(13-17(14)15)5-6-12(9)16-11/h5-8,13H,2-4H2,1H3,(H,14,15). The molecule has 0 spiro atoms. The second-order valence-corrected chi connectivity index (χ2v) is 4.62. The van der Waals surface area contributed by atoms with Crippen molar-refractivity contribution in [2.75, 3.05) is 4.72 Å². The molecule has 1 heterocycles. The Morgan fingerprint density at radius 3 is 2.94 bits per heavy atom. The van der Waals surface area contributed by atoms with Gasteiger partial charge in [-0.2, -0.15) is 0 Å². The van der Waals surface area contributed by atoms with Gasteiger partial charge in [0.1, 0.15) is 11.3 Å². The highest BCUT2D eigenvalue weighted by Gasteiger charge is 2.05. The maximum Gasteiger partial charge on any atom is 0.259 e. The van der Waals surface area contributed by atoms with E-state index in [1.807, 2.05) is 12.1 Å². The minimum atomic E-state index is -2.04. The van der Waals surface area contributed by atoms with Gasteiger partial charge in [-0.05, 0) is 30.7 Å².